The van der Waals surface area contributed by atoms with Crippen molar-refractivity contribution in [1.82, 2.24) is 0 Å². The van der Waals surface area contributed by atoms with Crippen LogP contribution in [0.25, 0.3) is 0 Å². The molecule has 0 bridgehead atoms. The summed E-state index contributed by atoms with van der Waals surface area (Å²) in [5.41, 5.74) is 2.69. The van der Waals surface area contributed by atoms with Gasteiger partial charge in [-0.1, -0.05) is 57.2 Å². The number of rotatable bonds is 3. The largest absolute Gasteiger partial charge is 0.453 e. The number of carbonyl (C=O) groups excluding carboxylic acids is 1. The first-order valence-electron chi connectivity index (χ1n) is 7.30. The van der Waals surface area contributed by atoms with Crippen LogP contribution in [0.15, 0.2) is 48.5 Å². The van der Waals surface area contributed by atoms with Gasteiger partial charge in [0.25, 0.3) is 0 Å². The van der Waals surface area contributed by atoms with Crippen LogP contribution in [-0.2, 0) is 14.9 Å². The lowest BCUT2D eigenvalue weighted by Gasteiger charge is -2.22. The Morgan fingerprint density at radius 1 is 1.05 bits per heavy atom. The van der Waals surface area contributed by atoms with Gasteiger partial charge >= 0.3 is 5.97 Å². The first kappa shape index (κ1) is 16.2. The summed E-state index contributed by atoms with van der Waals surface area (Å²) in [5, 5.41) is 0. The van der Waals surface area contributed by atoms with Crippen molar-refractivity contribution in [2.75, 3.05) is 0 Å². The van der Waals surface area contributed by atoms with E-state index in [0.717, 1.165) is 5.56 Å². The lowest BCUT2D eigenvalue weighted by molar-refractivity contribution is -0.144. The van der Waals surface area contributed by atoms with Gasteiger partial charge in [0.1, 0.15) is 5.82 Å². The van der Waals surface area contributed by atoms with Crippen molar-refractivity contribution < 1.29 is 13.9 Å². The molecule has 22 heavy (non-hydrogen) atoms. The van der Waals surface area contributed by atoms with Gasteiger partial charge in [-0.25, -0.2) is 4.39 Å². The molecule has 0 spiro atoms. The average molecular weight is 300 g/mol. The monoisotopic (exact) mass is 300 g/mol. The van der Waals surface area contributed by atoms with E-state index in [1.165, 1.54) is 24.6 Å². The minimum Gasteiger partial charge on any atom is -0.453 e. The number of carbonyl (C=O) groups is 1. The summed E-state index contributed by atoms with van der Waals surface area (Å²) in [6, 6.07) is 14.0. The van der Waals surface area contributed by atoms with E-state index in [1.54, 1.807) is 12.1 Å². The Morgan fingerprint density at radius 2 is 1.68 bits per heavy atom. The zero-order valence-electron chi connectivity index (χ0n) is 13.4. The van der Waals surface area contributed by atoms with Crippen molar-refractivity contribution in [3.8, 4) is 0 Å². The molecule has 0 radical (unpaired) electrons. The zero-order chi connectivity index (χ0) is 16.3. The third kappa shape index (κ3) is 3.94. The molecular formula is C19H21FO2. The highest BCUT2D eigenvalue weighted by molar-refractivity contribution is 5.66. The van der Waals surface area contributed by atoms with Crippen LogP contribution >= 0.6 is 0 Å². The minimum atomic E-state index is -0.595. The second kappa shape index (κ2) is 6.30. The van der Waals surface area contributed by atoms with Crippen molar-refractivity contribution >= 4 is 5.97 Å². The molecule has 0 amide bonds. The molecule has 0 fully saturated rings. The maximum Gasteiger partial charge on any atom is 0.303 e. The van der Waals surface area contributed by atoms with Gasteiger partial charge < -0.3 is 4.74 Å². The van der Waals surface area contributed by atoms with Gasteiger partial charge in [0.05, 0.1) is 0 Å². The van der Waals surface area contributed by atoms with Crippen molar-refractivity contribution in [1.29, 1.82) is 0 Å². The molecule has 3 heteroatoms. The van der Waals surface area contributed by atoms with Gasteiger partial charge in [-0.05, 0) is 34.2 Å². The molecule has 2 aromatic carbocycles. The molecule has 1 atom stereocenters. The van der Waals surface area contributed by atoms with Gasteiger partial charge in [-0.15, -0.1) is 0 Å². The molecule has 0 aliphatic heterocycles. The Bertz CT molecular complexity index is 654. The predicted molar refractivity (Wildman–Crippen MR) is 85.2 cm³/mol. The SMILES string of the molecule is CC(=O)O[C@@H](c1ccc(C(C)(C)C)cc1)c1cccc(F)c1. The van der Waals surface area contributed by atoms with Gasteiger partial charge in [-0.3, -0.25) is 4.79 Å². The number of benzene rings is 2. The van der Waals surface area contributed by atoms with Gasteiger partial charge in [0, 0.05) is 6.92 Å². The third-order valence-electron chi connectivity index (χ3n) is 3.51. The Balaban J connectivity index is 2.39. The van der Waals surface area contributed by atoms with Crippen LogP contribution in [0, 0.1) is 5.82 Å². The fourth-order valence-electron chi connectivity index (χ4n) is 2.32. The quantitative estimate of drug-likeness (QED) is 0.763. The molecule has 2 nitrogen and oxygen atoms in total. The molecule has 0 aromatic heterocycles. The van der Waals surface area contributed by atoms with Crippen molar-refractivity contribution in [2.45, 2.75) is 39.2 Å². The minimum absolute atomic E-state index is 0.0499. The molecule has 2 rings (SSSR count). The van der Waals surface area contributed by atoms with Crippen LogP contribution in [0.4, 0.5) is 4.39 Å². The first-order chi connectivity index (χ1) is 10.3. The molecule has 0 heterocycles. The van der Waals surface area contributed by atoms with Crippen molar-refractivity contribution in [2.24, 2.45) is 0 Å². The molecule has 0 aliphatic carbocycles. The Morgan fingerprint density at radius 3 is 2.18 bits per heavy atom. The number of hydrogen-bond donors (Lipinski definition) is 0. The molecule has 0 saturated carbocycles. The molecular weight excluding hydrogens is 279 g/mol. The number of hydrogen-bond acceptors (Lipinski definition) is 2. The van der Waals surface area contributed by atoms with Crippen LogP contribution in [0.3, 0.4) is 0 Å². The number of ether oxygens (including phenoxy) is 1. The predicted octanol–water partition coefficient (Wildman–Crippen LogP) is 4.78. The Kier molecular flexibility index (Phi) is 4.65. The van der Waals surface area contributed by atoms with Gasteiger partial charge in [0.15, 0.2) is 6.10 Å². The molecule has 0 unspecified atom stereocenters. The average Bonchev–Trinajstić information content (AvgIpc) is 2.44. The van der Waals surface area contributed by atoms with Crippen LogP contribution in [-0.4, -0.2) is 5.97 Å². The van der Waals surface area contributed by atoms with E-state index in [1.807, 2.05) is 24.3 Å². The Labute approximate surface area is 130 Å². The topological polar surface area (TPSA) is 26.3 Å². The summed E-state index contributed by atoms with van der Waals surface area (Å²) in [6.45, 7) is 7.77. The molecule has 0 N–H and O–H groups in total. The van der Waals surface area contributed by atoms with Gasteiger partial charge in [0.2, 0.25) is 0 Å². The fourth-order valence-corrected chi connectivity index (χ4v) is 2.32. The fraction of sp³-hybridized carbons (Fsp3) is 0.316. The van der Waals surface area contributed by atoms with Crippen LogP contribution in [0.2, 0.25) is 0 Å². The van der Waals surface area contributed by atoms with Crippen LogP contribution < -0.4 is 0 Å². The standard InChI is InChI=1S/C19H21FO2/c1-13(21)22-18(15-6-5-7-17(20)12-15)14-8-10-16(11-9-14)19(2,3)4/h5-12,18H,1-4H3/t18-/m0/s1. The maximum absolute atomic E-state index is 13.5. The molecule has 0 aliphatic rings. The smallest absolute Gasteiger partial charge is 0.303 e. The number of esters is 1. The van der Waals surface area contributed by atoms with E-state index < -0.39 is 12.1 Å². The summed E-state index contributed by atoms with van der Waals surface area (Å²) in [7, 11) is 0. The summed E-state index contributed by atoms with van der Waals surface area (Å²) >= 11 is 0. The molecule has 116 valence electrons. The summed E-state index contributed by atoms with van der Waals surface area (Å²) in [5.74, 6) is -0.741. The third-order valence-corrected chi connectivity index (χ3v) is 3.51. The second-order valence-corrected chi connectivity index (χ2v) is 6.42. The van der Waals surface area contributed by atoms with E-state index in [-0.39, 0.29) is 11.2 Å². The lowest BCUT2D eigenvalue weighted by Crippen LogP contribution is -2.13. The van der Waals surface area contributed by atoms with Crippen molar-refractivity contribution in [3.05, 3.63) is 71.0 Å². The summed E-state index contributed by atoms with van der Waals surface area (Å²) < 4.78 is 18.9. The zero-order valence-corrected chi connectivity index (χ0v) is 13.4. The Hall–Kier alpha value is -2.16. The molecule has 0 saturated heterocycles. The maximum atomic E-state index is 13.5. The van der Waals surface area contributed by atoms with E-state index in [4.69, 9.17) is 4.74 Å². The highest BCUT2D eigenvalue weighted by Crippen LogP contribution is 2.29. The summed E-state index contributed by atoms with van der Waals surface area (Å²) in [4.78, 5) is 11.4. The van der Waals surface area contributed by atoms with E-state index in [0.29, 0.717) is 5.56 Å². The van der Waals surface area contributed by atoms with Crippen molar-refractivity contribution in [3.63, 3.8) is 0 Å². The van der Waals surface area contributed by atoms with Gasteiger partial charge in [-0.2, -0.15) is 0 Å². The van der Waals surface area contributed by atoms with Crippen LogP contribution in [0.1, 0.15) is 50.5 Å². The van der Waals surface area contributed by atoms with E-state index in [9.17, 15) is 9.18 Å². The normalized spacial score (nSPS) is 12.8. The highest BCUT2D eigenvalue weighted by Gasteiger charge is 2.19. The first-order valence-corrected chi connectivity index (χ1v) is 7.30. The highest BCUT2D eigenvalue weighted by atomic mass is 19.1. The number of halogens is 1. The van der Waals surface area contributed by atoms with E-state index >= 15 is 0 Å². The molecule has 2 aromatic rings. The lowest BCUT2D eigenvalue weighted by atomic mass is 9.86. The second-order valence-electron chi connectivity index (χ2n) is 6.42. The van der Waals surface area contributed by atoms with E-state index in [2.05, 4.69) is 20.8 Å². The summed E-state index contributed by atoms with van der Waals surface area (Å²) in [6.07, 6.45) is -0.595. The van der Waals surface area contributed by atoms with Crippen LogP contribution in [0.5, 0.6) is 0 Å².